The van der Waals surface area contributed by atoms with Crippen LogP contribution >= 0.6 is 34.7 Å². The lowest BCUT2D eigenvalue weighted by Crippen LogP contribution is -2.21. The van der Waals surface area contributed by atoms with Gasteiger partial charge in [0.25, 0.3) is 5.91 Å². The van der Waals surface area contributed by atoms with E-state index in [4.69, 9.17) is 16.3 Å². The van der Waals surface area contributed by atoms with Crippen molar-refractivity contribution in [1.82, 2.24) is 24.6 Å². The van der Waals surface area contributed by atoms with E-state index in [0.29, 0.717) is 39.0 Å². The van der Waals surface area contributed by atoms with Gasteiger partial charge in [-0.05, 0) is 51.0 Å². The molecule has 3 aromatic rings. The first-order valence-corrected chi connectivity index (χ1v) is 12.7. The van der Waals surface area contributed by atoms with Gasteiger partial charge >= 0.3 is 0 Å². The molecular weight excluding hydrogens is 496 g/mol. The lowest BCUT2D eigenvalue weighted by molar-refractivity contribution is -0.113. The Hall–Kier alpha value is -2.63. The fourth-order valence-electron chi connectivity index (χ4n) is 3.12. The van der Waals surface area contributed by atoms with Crippen molar-refractivity contribution < 1.29 is 14.3 Å². The second kappa shape index (κ2) is 11.2. The maximum atomic E-state index is 12.5. The number of hydrogen-bond donors (Lipinski definition) is 1. The largest absolute Gasteiger partial charge is 0.486 e. The van der Waals surface area contributed by atoms with E-state index >= 15 is 0 Å². The van der Waals surface area contributed by atoms with Gasteiger partial charge in [0.15, 0.2) is 16.1 Å². The number of benzene rings is 1. The Morgan fingerprint density at radius 3 is 2.50 bits per heavy atom. The Morgan fingerprint density at radius 1 is 1.21 bits per heavy atom. The van der Waals surface area contributed by atoms with Gasteiger partial charge in [0.05, 0.1) is 11.4 Å². The van der Waals surface area contributed by atoms with E-state index in [1.165, 1.54) is 16.7 Å². The number of amides is 2. The molecule has 34 heavy (non-hydrogen) atoms. The lowest BCUT2D eigenvalue weighted by atomic mass is 10.1. The van der Waals surface area contributed by atoms with Crippen LogP contribution in [0.2, 0.25) is 5.02 Å². The van der Waals surface area contributed by atoms with E-state index in [2.05, 4.69) is 20.5 Å². The minimum atomic E-state index is -0.238. The first-order valence-electron chi connectivity index (χ1n) is 10.5. The van der Waals surface area contributed by atoms with E-state index in [9.17, 15) is 9.59 Å². The lowest BCUT2D eigenvalue weighted by Gasteiger charge is -2.11. The molecule has 3 rings (SSSR count). The highest BCUT2D eigenvalue weighted by Gasteiger charge is 2.19. The molecule has 12 heteroatoms. The normalized spacial score (nSPS) is 10.9. The van der Waals surface area contributed by atoms with Crippen molar-refractivity contribution in [2.75, 3.05) is 25.2 Å². The maximum Gasteiger partial charge on any atom is 0.265 e. The monoisotopic (exact) mass is 522 g/mol. The Bertz CT molecular complexity index is 1180. The van der Waals surface area contributed by atoms with Crippen LogP contribution in [0, 0.1) is 20.8 Å². The average Bonchev–Trinajstić information content (AvgIpc) is 3.35. The summed E-state index contributed by atoms with van der Waals surface area (Å²) in [4.78, 5) is 30.9. The molecule has 0 saturated carbocycles. The van der Waals surface area contributed by atoms with Crippen LogP contribution in [0.25, 0.3) is 0 Å². The Labute approximate surface area is 211 Å². The van der Waals surface area contributed by atoms with Crippen LogP contribution in [0.15, 0.2) is 17.3 Å². The Kier molecular flexibility index (Phi) is 8.56. The molecule has 2 amide bonds. The second-order valence-corrected chi connectivity index (χ2v) is 10.1. The molecule has 0 bridgehead atoms. The number of thioether (sulfide) groups is 1. The molecule has 0 unspecified atom stereocenters. The van der Waals surface area contributed by atoms with Gasteiger partial charge in [0.2, 0.25) is 5.91 Å². The summed E-state index contributed by atoms with van der Waals surface area (Å²) in [5.41, 5.74) is 2.49. The topological polar surface area (TPSA) is 102 Å². The predicted molar refractivity (Wildman–Crippen MR) is 135 cm³/mol. The van der Waals surface area contributed by atoms with Crippen LogP contribution in [0.4, 0.5) is 5.13 Å². The molecule has 9 nitrogen and oxygen atoms in total. The van der Waals surface area contributed by atoms with Crippen molar-refractivity contribution in [3.63, 3.8) is 0 Å². The van der Waals surface area contributed by atoms with Crippen LogP contribution < -0.4 is 10.1 Å². The molecule has 0 saturated heterocycles. The van der Waals surface area contributed by atoms with Crippen molar-refractivity contribution >= 4 is 51.6 Å². The molecule has 0 aliphatic heterocycles. The van der Waals surface area contributed by atoms with Gasteiger partial charge in [0.1, 0.15) is 17.2 Å². The minimum Gasteiger partial charge on any atom is -0.486 e. The molecule has 0 aliphatic carbocycles. The van der Waals surface area contributed by atoms with Gasteiger partial charge in [-0.15, -0.1) is 10.2 Å². The molecular formula is C22H27ClN6O3S2. The van der Waals surface area contributed by atoms with Crippen LogP contribution in [0.3, 0.4) is 0 Å². The van der Waals surface area contributed by atoms with Gasteiger partial charge in [-0.25, -0.2) is 4.98 Å². The number of thiazole rings is 1. The van der Waals surface area contributed by atoms with Gasteiger partial charge in [-0.1, -0.05) is 34.7 Å². The third-order valence-corrected chi connectivity index (χ3v) is 7.49. The number of nitrogens with zero attached hydrogens (tertiary/aromatic N) is 5. The van der Waals surface area contributed by atoms with Crippen molar-refractivity contribution in [3.8, 4) is 5.75 Å². The first-order chi connectivity index (χ1) is 16.1. The average molecular weight is 523 g/mol. The molecule has 0 fully saturated rings. The highest BCUT2D eigenvalue weighted by atomic mass is 35.5. The minimum absolute atomic E-state index is 0.129. The van der Waals surface area contributed by atoms with Crippen LogP contribution in [-0.2, 0) is 17.9 Å². The molecule has 0 atom stereocenters. The number of ether oxygens (including phenoxy) is 1. The van der Waals surface area contributed by atoms with Crippen molar-refractivity contribution in [2.45, 2.75) is 46.0 Å². The fraction of sp³-hybridized carbons (Fsp3) is 0.409. The summed E-state index contributed by atoms with van der Waals surface area (Å²) in [6.07, 6.45) is 0. The van der Waals surface area contributed by atoms with Crippen LogP contribution in [0.1, 0.15) is 39.2 Å². The summed E-state index contributed by atoms with van der Waals surface area (Å²) in [6, 6.07) is 3.78. The van der Waals surface area contributed by atoms with E-state index < -0.39 is 0 Å². The maximum absolute atomic E-state index is 12.5. The molecule has 0 spiro atoms. The van der Waals surface area contributed by atoms with E-state index in [-0.39, 0.29) is 24.2 Å². The molecule has 0 aliphatic rings. The van der Waals surface area contributed by atoms with E-state index in [0.717, 1.165) is 27.5 Å². The Morgan fingerprint density at radius 2 is 1.88 bits per heavy atom. The standard InChI is InChI=1S/C22H27ClN6O3S2/c1-7-29-16(10-32-15-8-12(2)18(23)13(3)9-15)26-27-22(29)33-11-17(30)25-21-24-14(4)19(34-21)20(31)28(5)6/h8-9H,7,10-11H2,1-6H3,(H,24,25,30). The van der Waals surface area contributed by atoms with E-state index in [1.54, 1.807) is 21.0 Å². The van der Waals surface area contributed by atoms with Crippen LogP contribution in [0.5, 0.6) is 5.75 Å². The summed E-state index contributed by atoms with van der Waals surface area (Å²) in [6.45, 7) is 8.48. The second-order valence-electron chi connectivity index (χ2n) is 7.77. The Balaban J connectivity index is 1.60. The molecule has 2 heterocycles. The highest BCUT2D eigenvalue weighted by molar-refractivity contribution is 7.99. The highest BCUT2D eigenvalue weighted by Crippen LogP contribution is 2.27. The zero-order valence-corrected chi connectivity index (χ0v) is 22.3. The quantitative estimate of drug-likeness (QED) is 0.417. The number of hydrogen-bond acceptors (Lipinski definition) is 8. The number of nitrogens with one attached hydrogen (secondary N) is 1. The number of aryl methyl sites for hydroxylation is 3. The molecule has 1 N–H and O–H groups in total. The van der Waals surface area contributed by atoms with Gasteiger partial charge < -0.3 is 19.5 Å². The van der Waals surface area contributed by atoms with Crippen molar-refractivity contribution in [2.24, 2.45) is 0 Å². The smallest absolute Gasteiger partial charge is 0.265 e. The van der Waals surface area contributed by atoms with Gasteiger partial charge in [-0.3, -0.25) is 9.59 Å². The number of aromatic nitrogens is 4. The summed E-state index contributed by atoms with van der Waals surface area (Å²) in [5, 5.41) is 13.0. The molecule has 2 aromatic heterocycles. The third-order valence-electron chi connectivity index (χ3n) is 4.86. The summed E-state index contributed by atoms with van der Waals surface area (Å²) >= 11 is 8.67. The number of rotatable bonds is 9. The van der Waals surface area contributed by atoms with Gasteiger partial charge in [-0.2, -0.15) is 0 Å². The predicted octanol–water partition coefficient (Wildman–Crippen LogP) is 4.34. The number of carbonyl (C=O) groups excluding carboxylic acids is 2. The first kappa shape index (κ1) is 26.0. The van der Waals surface area contributed by atoms with Crippen molar-refractivity contribution in [3.05, 3.63) is 44.7 Å². The van der Waals surface area contributed by atoms with Crippen molar-refractivity contribution in [1.29, 1.82) is 0 Å². The van der Waals surface area contributed by atoms with E-state index in [1.807, 2.05) is 37.5 Å². The molecule has 1 aromatic carbocycles. The zero-order chi connectivity index (χ0) is 25.0. The third kappa shape index (κ3) is 6.08. The SMILES string of the molecule is CCn1c(COc2cc(C)c(Cl)c(C)c2)nnc1SCC(=O)Nc1nc(C)c(C(=O)N(C)C)s1. The molecule has 0 radical (unpaired) electrons. The fourth-order valence-corrected chi connectivity index (χ4v) is 5.06. The van der Waals surface area contributed by atoms with Gasteiger partial charge in [0, 0.05) is 25.7 Å². The molecule has 182 valence electrons. The number of anilines is 1. The summed E-state index contributed by atoms with van der Waals surface area (Å²) in [5.74, 6) is 1.13. The van der Waals surface area contributed by atoms with Crippen LogP contribution in [-0.4, -0.2) is 56.3 Å². The zero-order valence-electron chi connectivity index (χ0n) is 19.9. The summed E-state index contributed by atoms with van der Waals surface area (Å²) < 4.78 is 7.82. The number of halogens is 1. The summed E-state index contributed by atoms with van der Waals surface area (Å²) in [7, 11) is 3.36. The number of carbonyl (C=O) groups is 2.